The zero-order valence-corrected chi connectivity index (χ0v) is 7.22. The smallest absolute Gasteiger partial charge is 0.303 e. The number of carbonyl (C=O) groups is 2. The minimum Gasteiger partial charge on any atom is -0.450 e. The summed E-state index contributed by atoms with van der Waals surface area (Å²) in [7, 11) is 1.49. The van der Waals surface area contributed by atoms with E-state index in [9.17, 15) is 9.59 Å². The van der Waals surface area contributed by atoms with Crippen molar-refractivity contribution in [2.75, 3.05) is 7.05 Å². The molecular formula is C7H13NO3. The van der Waals surface area contributed by atoms with E-state index < -0.39 is 11.6 Å². The number of carbonyl (C=O) groups excluding carboxylic acids is 2. The van der Waals surface area contributed by atoms with Gasteiger partial charge in [0.1, 0.15) is 0 Å². The molecule has 64 valence electrons. The molecule has 0 heterocycles. The molecule has 0 fully saturated rings. The lowest BCUT2D eigenvalue weighted by Crippen LogP contribution is -2.43. The standard InChI is InChI=1S/C7H13NO3/c1-5(9)11-7(2,3)6(10)8-4/h1-4H3,(H,8,10). The number of esters is 1. The molecule has 0 saturated carbocycles. The lowest BCUT2D eigenvalue weighted by molar-refractivity contribution is -0.162. The van der Waals surface area contributed by atoms with Crippen LogP contribution in [-0.2, 0) is 14.3 Å². The van der Waals surface area contributed by atoms with Crippen molar-refractivity contribution in [2.45, 2.75) is 26.4 Å². The first-order valence-corrected chi connectivity index (χ1v) is 3.32. The Morgan fingerprint density at radius 3 is 2.09 bits per heavy atom. The van der Waals surface area contributed by atoms with E-state index in [1.165, 1.54) is 27.8 Å². The van der Waals surface area contributed by atoms with Gasteiger partial charge in [-0.15, -0.1) is 0 Å². The molecule has 0 aliphatic carbocycles. The Bertz CT molecular complexity index is 175. The molecule has 0 aromatic heterocycles. The van der Waals surface area contributed by atoms with Crippen molar-refractivity contribution in [3.63, 3.8) is 0 Å². The quantitative estimate of drug-likeness (QED) is 0.580. The molecule has 0 spiro atoms. The summed E-state index contributed by atoms with van der Waals surface area (Å²) in [6.45, 7) is 4.34. The number of ether oxygens (including phenoxy) is 1. The van der Waals surface area contributed by atoms with Crippen LogP contribution in [0.4, 0.5) is 0 Å². The van der Waals surface area contributed by atoms with Crippen molar-refractivity contribution in [3.8, 4) is 0 Å². The van der Waals surface area contributed by atoms with Crippen molar-refractivity contribution >= 4 is 11.9 Å². The van der Waals surface area contributed by atoms with Crippen molar-refractivity contribution < 1.29 is 14.3 Å². The molecule has 0 aromatic carbocycles. The molecule has 11 heavy (non-hydrogen) atoms. The Hall–Kier alpha value is -1.06. The van der Waals surface area contributed by atoms with Crippen LogP contribution in [0.3, 0.4) is 0 Å². The van der Waals surface area contributed by atoms with Crippen LogP contribution >= 0.6 is 0 Å². The van der Waals surface area contributed by atoms with Crippen molar-refractivity contribution in [1.82, 2.24) is 5.32 Å². The van der Waals surface area contributed by atoms with Crippen molar-refractivity contribution in [1.29, 1.82) is 0 Å². The molecule has 0 unspecified atom stereocenters. The van der Waals surface area contributed by atoms with E-state index in [4.69, 9.17) is 4.74 Å². The van der Waals surface area contributed by atoms with E-state index in [1.807, 2.05) is 0 Å². The van der Waals surface area contributed by atoms with Crippen LogP contribution in [0.2, 0.25) is 0 Å². The maximum atomic E-state index is 11.0. The molecule has 0 saturated heterocycles. The number of nitrogens with one attached hydrogen (secondary N) is 1. The normalized spacial score (nSPS) is 10.5. The Morgan fingerprint density at radius 2 is 1.82 bits per heavy atom. The van der Waals surface area contributed by atoms with Crippen LogP contribution in [-0.4, -0.2) is 24.5 Å². The molecule has 4 heteroatoms. The van der Waals surface area contributed by atoms with Crippen LogP contribution in [0.25, 0.3) is 0 Å². The Balaban J connectivity index is 4.21. The number of hydrogen-bond acceptors (Lipinski definition) is 3. The van der Waals surface area contributed by atoms with Gasteiger partial charge >= 0.3 is 5.97 Å². The monoisotopic (exact) mass is 159 g/mol. The molecule has 0 rings (SSSR count). The lowest BCUT2D eigenvalue weighted by atomic mass is 10.1. The third-order valence-electron chi connectivity index (χ3n) is 1.17. The highest BCUT2D eigenvalue weighted by atomic mass is 16.6. The van der Waals surface area contributed by atoms with Gasteiger partial charge in [0.25, 0.3) is 5.91 Å². The SMILES string of the molecule is CNC(=O)C(C)(C)OC(C)=O. The summed E-state index contributed by atoms with van der Waals surface area (Å²) in [6, 6.07) is 0. The van der Waals surface area contributed by atoms with E-state index in [1.54, 1.807) is 0 Å². The summed E-state index contributed by atoms with van der Waals surface area (Å²) in [5.41, 5.74) is -1.07. The van der Waals surface area contributed by atoms with E-state index in [2.05, 4.69) is 5.32 Å². The number of likely N-dealkylation sites (N-methyl/N-ethyl adjacent to an activating group) is 1. The molecular weight excluding hydrogens is 146 g/mol. The Labute approximate surface area is 65.9 Å². The molecule has 0 aliphatic rings. The average Bonchev–Trinajstić information content (AvgIpc) is 1.83. The second-order valence-corrected chi connectivity index (χ2v) is 2.68. The van der Waals surface area contributed by atoms with Gasteiger partial charge in [0.05, 0.1) is 0 Å². The second-order valence-electron chi connectivity index (χ2n) is 2.68. The van der Waals surface area contributed by atoms with E-state index in [0.717, 1.165) is 0 Å². The van der Waals surface area contributed by atoms with Crippen LogP contribution in [0, 0.1) is 0 Å². The molecule has 0 bridgehead atoms. The predicted octanol–water partition coefficient (Wildman–Crippen LogP) is 0.0741. The zero-order chi connectivity index (χ0) is 9.07. The third-order valence-corrected chi connectivity index (χ3v) is 1.17. The molecule has 0 aliphatic heterocycles. The van der Waals surface area contributed by atoms with Crippen molar-refractivity contribution in [3.05, 3.63) is 0 Å². The van der Waals surface area contributed by atoms with E-state index >= 15 is 0 Å². The van der Waals surface area contributed by atoms with E-state index in [0.29, 0.717) is 0 Å². The van der Waals surface area contributed by atoms with Gasteiger partial charge in [-0.25, -0.2) is 0 Å². The van der Waals surface area contributed by atoms with Gasteiger partial charge in [-0.3, -0.25) is 9.59 Å². The minimum atomic E-state index is -1.07. The molecule has 1 amide bonds. The Kier molecular flexibility index (Phi) is 3.04. The summed E-state index contributed by atoms with van der Waals surface area (Å²) in [5, 5.41) is 2.39. The first kappa shape index (κ1) is 9.94. The van der Waals surface area contributed by atoms with Gasteiger partial charge in [0.15, 0.2) is 5.60 Å². The summed E-state index contributed by atoms with van der Waals surface area (Å²) in [5.74, 6) is -0.772. The zero-order valence-electron chi connectivity index (χ0n) is 7.22. The summed E-state index contributed by atoms with van der Waals surface area (Å²) in [6.07, 6.45) is 0. The highest BCUT2D eigenvalue weighted by molar-refractivity contribution is 5.86. The number of rotatable bonds is 2. The molecule has 0 radical (unpaired) electrons. The first-order valence-electron chi connectivity index (χ1n) is 3.32. The maximum absolute atomic E-state index is 11.0. The molecule has 4 nitrogen and oxygen atoms in total. The van der Waals surface area contributed by atoms with Gasteiger partial charge in [0.2, 0.25) is 0 Å². The number of hydrogen-bond donors (Lipinski definition) is 1. The first-order chi connectivity index (χ1) is 4.90. The van der Waals surface area contributed by atoms with Gasteiger partial charge in [0, 0.05) is 14.0 Å². The fourth-order valence-corrected chi connectivity index (χ4v) is 0.707. The van der Waals surface area contributed by atoms with Gasteiger partial charge < -0.3 is 10.1 Å². The van der Waals surface area contributed by atoms with Crippen LogP contribution in [0.15, 0.2) is 0 Å². The predicted molar refractivity (Wildman–Crippen MR) is 39.9 cm³/mol. The van der Waals surface area contributed by atoms with Crippen LogP contribution < -0.4 is 5.32 Å². The highest BCUT2D eigenvalue weighted by Gasteiger charge is 2.29. The molecule has 1 N–H and O–H groups in total. The van der Waals surface area contributed by atoms with Gasteiger partial charge in [-0.2, -0.15) is 0 Å². The van der Waals surface area contributed by atoms with E-state index in [-0.39, 0.29) is 5.91 Å². The molecule has 0 aromatic rings. The summed E-state index contributed by atoms with van der Waals surface area (Å²) >= 11 is 0. The summed E-state index contributed by atoms with van der Waals surface area (Å²) in [4.78, 5) is 21.5. The maximum Gasteiger partial charge on any atom is 0.303 e. The topological polar surface area (TPSA) is 55.4 Å². The molecule has 0 atom stereocenters. The minimum absolute atomic E-state index is 0.312. The second kappa shape index (κ2) is 3.37. The summed E-state index contributed by atoms with van der Waals surface area (Å²) < 4.78 is 4.74. The lowest BCUT2D eigenvalue weighted by Gasteiger charge is -2.21. The fraction of sp³-hybridized carbons (Fsp3) is 0.714. The van der Waals surface area contributed by atoms with Gasteiger partial charge in [-0.1, -0.05) is 0 Å². The Morgan fingerprint density at radius 1 is 1.36 bits per heavy atom. The van der Waals surface area contributed by atoms with Gasteiger partial charge in [-0.05, 0) is 13.8 Å². The third kappa shape index (κ3) is 3.02. The average molecular weight is 159 g/mol. The van der Waals surface area contributed by atoms with Crippen molar-refractivity contribution in [2.24, 2.45) is 0 Å². The van der Waals surface area contributed by atoms with Crippen LogP contribution in [0.5, 0.6) is 0 Å². The number of amides is 1. The highest BCUT2D eigenvalue weighted by Crippen LogP contribution is 2.08. The fourth-order valence-electron chi connectivity index (χ4n) is 0.707. The van der Waals surface area contributed by atoms with Crippen LogP contribution in [0.1, 0.15) is 20.8 Å². The largest absolute Gasteiger partial charge is 0.450 e.